The lowest BCUT2D eigenvalue weighted by atomic mass is 10.1. The molecule has 116 valence electrons. The third kappa shape index (κ3) is 4.35. The van der Waals surface area contributed by atoms with E-state index >= 15 is 0 Å². The van der Waals surface area contributed by atoms with Gasteiger partial charge in [-0.3, -0.25) is 4.79 Å². The van der Waals surface area contributed by atoms with Crippen LogP contribution in [0, 0.1) is 18.3 Å². The average Bonchev–Trinajstić information content (AvgIpc) is 2.51. The normalized spacial score (nSPS) is 11.0. The van der Waals surface area contributed by atoms with Crippen LogP contribution < -0.4 is 5.32 Å². The summed E-state index contributed by atoms with van der Waals surface area (Å²) in [4.78, 5) is 12.2. The molecule has 0 aliphatic carbocycles. The number of nitrogens with zero attached hydrogens (tertiary/aromatic N) is 1. The highest BCUT2D eigenvalue weighted by Gasteiger charge is 2.11. The molecule has 0 aromatic heterocycles. The number of aromatic hydroxyl groups is 1. The SMILES string of the molecule is Cc1ccc(NC(=O)/C(C#N)=C\c2cc(Br)ccc2O)cc1Cl. The highest BCUT2D eigenvalue weighted by Crippen LogP contribution is 2.25. The zero-order valence-electron chi connectivity index (χ0n) is 12.1. The van der Waals surface area contributed by atoms with E-state index in [0.29, 0.717) is 16.3 Å². The Bertz CT molecular complexity index is 841. The van der Waals surface area contributed by atoms with Crippen LogP contribution in [0.15, 0.2) is 46.4 Å². The van der Waals surface area contributed by atoms with E-state index in [1.165, 1.54) is 12.1 Å². The molecule has 2 aromatic rings. The van der Waals surface area contributed by atoms with Crippen LogP contribution in [0.25, 0.3) is 6.08 Å². The molecule has 0 aliphatic heterocycles. The Morgan fingerprint density at radius 3 is 2.74 bits per heavy atom. The number of hydrogen-bond donors (Lipinski definition) is 2. The molecule has 0 aliphatic rings. The van der Waals surface area contributed by atoms with Gasteiger partial charge in [0.25, 0.3) is 5.91 Å². The third-order valence-corrected chi connectivity index (χ3v) is 3.98. The number of nitrogens with one attached hydrogen (secondary N) is 1. The number of rotatable bonds is 3. The minimum absolute atomic E-state index is 0.0212. The topological polar surface area (TPSA) is 73.1 Å². The molecule has 0 spiro atoms. The van der Waals surface area contributed by atoms with E-state index in [1.807, 2.05) is 13.0 Å². The monoisotopic (exact) mass is 390 g/mol. The van der Waals surface area contributed by atoms with Crippen LogP contribution in [0.2, 0.25) is 5.02 Å². The lowest BCUT2D eigenvalue weighted by Crippen LogP contribution is -2.13. The van der Waals surface area contributed by atoms with Gasteiger partial charge in [0, 0.05) is 20.7 Å². The van der Waals surface area contributed by atoms with Gasteiger partial charge in [0.05, 0.1) is 0 Å². The number of hydrogen-bond acceptors (Lipinski definition) is 3. The van der Waals surface area contributed by atoms with Crippen molar-refractivity contribution in [1.29, 1.82) is 5.26 Å². The molecule has 0 saturated carbocycles. The number of carbonyl (C=O) groups excluding carboxylic acids is 1. The number of carbonyl (C=O) groups is 1. The Kier molecular flexibility index (Phi) is 5.43. The number of amides is 1. The summed E-state index contributed by atoms with van der Waals surface area (Å²) in [5.41, 5.74) is 1.62. The van der Waals surface area contributed by atoms with Crippen LogP contribution in [-0.2, 0) is 4.79 Å². The Labute approximate surface area is 147 Å². The van der Waals surface area contributed by atoms with Crippen molar-refractivity contribution in [3.8, 4) is 11.8 Å². The van der Waals surface area contributed by atoms with Gasteiger partial charge in [-0.05, 0) is 48.9 Å². The summed E-state index contributed by atoms with van der Waals surface area (Å²) < 4.78 is 0.726. The number of phenolic OH excluding ortho intramolecular Hbond substituents is 1. The van der Waals surface area contributed by atoms with Crippen molar-refractivity contribution in [2.75, 3.05) is 5.32 Å². The van der Waals surface area contributed by atoms with Gasteiger partial charge in [-0.25, -0.2) is 0 Å². The van der Waals surface area contributed by atoms with E-state index in [-0.39, 0.29) is 11.3 Å². The number of anilines is 1. The minimum Gasteiger partial charge on any atom is -0.507 e. The first kappa shape index (κ1) is 17.1. The largest absolute Gasteiger partial charge is 0.507 e. The van der Waals surface area contributed by atoms with Crippen LogP contribution in [0.3, 0.4) is 0 Å². The van der Waals surface area contributed by atoms with Gasteiger partial charge >= 0.3 is 0 Å². The molecule has 0 radical (unpaired) electrons. The summed E-state index contributed by atoms with van der Waals surface area (Å²) in [7, 11) is 0. The van der Waals surface area contributed by atoms with Crippen molar-refractivity contribution in [2.45, 2.75) is 6.92 Å². The first-order chi connectivity index (χ1) is 10.9. The quantitative estimate of drug-likeness (QED) is 0.590. The van der Waals surface area contributed by atoms with Crippen molar-refractivity contribution in [3.63, 3.8) is 0 Å². The van der Waals surface area contributed by atoms with Crippen LogP contribution in [0.5, 0.6) is 5.75 Å². The maximum absolute atomic E-state index is 12.2. The number of phenols is 1. The fourth-order valence-corrected chi connectivity index (χ4v) is 2.37. The smallest absolute Gasteiger partial charge is 0.266 e. The molecule has 0 fully saturated rings. The molecule has 2 rings (SSSR count). The Morgan fingerprint density at radius 2 is 2.09 bits per heavy atom. The molecule has 0 atom stereocenters. The molecule has 4 nitrogen and oxygen atoms in total. The second-order valence-corrected chi connectivity index (χ2v) is 6.11. The first-order valence-corrected chi connectivity index (χ1v) is 7.75. The zero-order valence-corrected chi connectivity index (χ0v) is 14.4. The fourth-order valence-electron chi connectivity index (χ4n) is 1.81. The van der Waals surface area contributed by atoms with Crippen LogP contribution in [0.1, 0.15) is 11.1 Å². The van der Waals surface area contributed by atoms with E-state index in [2.05, 4.69) is 21.2 Å². The summed E-state index contributed by atoms with van der Waals surface area (Å²) in [6.07, 6.45) is 1.32. The number of benzene rings is 2. The number of nitriles is 1. The Balaban J connectivity index is 2.28. The molecule has 6 heteroatoms. The number of halogens is 2. The van der Waals surface area contributed by atoms with E-state index in [1.54, 1.807) is 30.3 Å². The van der Waals surface area contributed by atoms with Crippen molar-refractivity contribution in [3.05, 3.63) is 62.6 Å². The predicted molar refractivity (Wildman–Crippen MR) is 94.2 cm³/mol. The Hall–Kier alpha value is -2.29. The number of aryl methyl sites for hydroxylation is 1. The standard InChI is InChI=1S/C17H12BrClN2O2/c1-10-2-4-14(8-15(10)19)21-17(23)12(9-20)6-11-7-13(18)3-5-16(11)22/h2-8,22H,1H3,(H,21,23)/b12-6-. The molecule has 23 heavy (non-hydrogen) atoms. The fraction of sp³-hybridized carbons (Fsp3) is 0.0588. The summed E-state index contributed by atoms with van der Waals surface area (Å²) in [6, 6.07) is 11.7. The maximum atomic E-state index is 12.2. The van der Waals surface area contributed by atoms with E-state index in [4.69, 9.17) is 11.6 Å². The van der Waals surface area contributed by atoms with E-state index < -0.39 is 5.91 Å². The van der Waals surface area contributed by atoms with Gasteiger partial charge in [-0.2, -0.15) is 5.26 Å². The second-order valence-electron chi connectivity index (χ2n) is 4.79. The second kappa shape index (κ2) is 7.32. The molecule has 1 amide bonds. The predicted octanol–water partition coefficient (Wildman–Crippen LogP) is 4.66. The van der Waals surface area contributed by atoms with E-state index in [0.717, 1.165) is 10.0 Å². The van der Waals surface area contributed by atoms with Crippen LogP contribution in [-0.4, -0.2) is 11.0 Å². The first-order valence-electron chi connectivity index (χ1n) is 6.58. The molecule has 0 bridgehead atoms. The van der Waals surface area contributed by atoms with Crippen LogP contribution in [0.4, 0.5) is 5.69 Å². The highest BCUT2D eigenvalue weighted by atomic mass is 79.9. The Morgan fingerprint density at radius 1 is 1.35 bits per heavy atom. The lowest BCUT2D eigenvalue weighted by molar-refractivity contribution is -0.112. The van der Waals surface area contributed by atoms with Crippen LogP contribution >= 0.6 is 27.5 Å². The molecule has 0 unspecified atom stereocenters. The lowest BCUT2D eigenvalue weighted by Gasteiger charge is -2.07. The zero-order chi connectivity index (χ0) is 17.0. The molecule has 0 saturated heterocycles. The van der Waals surface area contributed by atoms with Crippen molar-refractivity contribution < 1.29 is 9.90 Å². The van der Waals surface area contributed by atoms with Crippen molar-refractivity contribution >= 4 is 45.2 Å². The van der Waals surface area contributed by atoms with Gasteiger partial charge in [-0.1, -0.05) is 33.6 Å². The van der Waals surface area contributed by atoms with Gasteiger partial charge in [0.1, 0.15) is 17.4 Å². The molecule has 2 N–H and O–H groups in total. The summed E-state index contributed by atoms with van der Waals surface area (Å²) in [5, 5.41) is 22.1. The van der Waals surface area contributed by atoms with Crippen molar-refractivity contribution in [1.82, 2.24) is 0 Å². The van der Waals surface area contributed by atoms with E-state index in [9.17, 15) is 15.2 Å². The maximum Gasteiger partial charge on any atom is 0.266 e. The molecule has 0 heterocycles. The summed E-state index contributed by atoms with van der Waals surface area (Å²) in [6.45, 7) is 1.85. The minimum atomic E-state index is -0.577. The van der Waals surface area contributed by atoms with Gasteiger partial charge in [-0.15, -0.1) is 0 Å². The van der Waals surface area contributed by atoms with Crippen molar-refractivity contribution in [2.24, 2.45) is 0 Å². The molecular formula is C17H12BrClN2O2. The molecular weight excluding hydrogens is 380 g/mol. The summed E-state index contributed by atoms with van der Waals surface area (Å²) >= 11 is 9.28. The molecule has 2 aromatic carbocycles. The summed E-state index contributed by atoms with van der Waals surface area (Å²) in [5.74, 6) is -0.598. The third-order valence-electron chi connectivity index (χ3n) is 3.08. The van der Waals surface area contributed by atoms with Gasteiger partial charge in [0.15, 0.2) is 0 Å². The highest BCUT2D eigenvalue weighted by molar-refractivity contribution is 9.10. The van der Waals surface area contributed by atoms with Gasteiger partial charge < -0.3 is 10.4 Å². The van der Waals surface area contributed by atoms with Gasteiger partial charge in [0.2, 0.25) is 0 Å². The average molecular weight is 392 g/mol.